The highest BCUT2D eigenvalue weighted by Gasteiger charge is 2.30. The molecule has 0 aliphatic heterocycles. The highest BCUT2D eigenvalue weighted by Crippen LogP contribution is 2.35. The second kappa shape index (κ2) is 9.64. The number of alkyl halides is 3. The van der Waals surface area contributed by atoms with Crippen LogP contribution in [0.4, 0.5) is 24.3 Å². The third-order valence-corrected chi connectivity index (χ3v) is 6.26. The van der Waals surface area contributed by atoms with Crippen molar-refractivity contribution in [3.8, 4) is 0 Å². The molecule has 0 radical (unpaired) electrons. The second-order valence-corrected chi connectivity index (χ2v) is 8.74. The van der Waals surface area contributed by atoms with Crippen LogP contribution >= 0.6 is 11.3 Å². The summed E-state index contributed by atoms with van der Waals surface area (Å²) in [6.45, 7) is 0.794. The van der Waals surface area contributed by atoms with Crippen LogP contribution in [0, 0.1) is 0 Å². The van der Waals surface area contributed by atoms with Gasteiger partial charge in [0, 0.05) is 13.7 Å². The van der Waals surface area contributed by atoms with Crippen LogP contribution in [0.25, 0.3) is 21.3 Å². The number of unbranched alkanes of at least 4 members (excludes halogenated alkanes) is 2. The molecule has 1 unspecified atom stereocenters. The molecule has 0 bridgehead atoms. The first kappa shape index (κ1) is 23.4. The second-order valence-electron chi connectivity index (χ2n) is 7.71. The van der Waals surface area contributed by atoms with Crippen molar-refractivity contribution in [2.45, 2.75) is 31.7 Å². The average Bonchev–Trinajstić information content (AvgIpc) is 3.32. The number of nitrogens with zero attached hydrogens (tertiary/aromatic N) is 3. The van der Waals surface area contributed by atoms with Crippen molar-refractivity contribution in [3.63, 3.8) is 0 Å². The maximum atomic E-state index is 13.0. The van der Waals surface area contributed by atoms with E-state index in [0.29, 0.717) is 38.9 Å². The van der Waals surface area contributed by atoms with Gasteiger partial charge in [-0.25, -0.2) is 9.97 Å². The van der Waals surface area contributed by atoms with Crippen LogP contribution in [0.15, 0.2) is 36.4 Å². The van der Waals surface area contributed by atoms with Crippen molar-refractivity contribution in [2.75, 3.05) is 18.5 Å². The van der Waals surface area contributed by atoms with Crippen molar-refractivity contribution < 1.29 is 23.4 Å². The van der Waals surface area contributed by atoms with Gasteiger partial charge in [-0.1, -0.05) is 17.4 Å². The predicted molar refractivity (Wildman–Crippen MR) is 123 cm³/mol. The monoisotopic (exact) mass is 479 g/mol. The van der Waals surface area contributed by atoms with Gasteiger partial charge in [0.25, 0.3) is 0 Å². The Bertz CT molecular complexity index is 1250. The minimum absolute atomic E-state index is 0.168. The number of fused-ring (bicyclic) bond motifs is 2. The van der Waals surface area contributed by atoms with Crippen molar-refractivity contribution in [2.24, 2.45) is 7.05 Å². The molecule has 2 heterocycles. The number of nitrogens with one attached hydrogen (secondary N) is 2. The zero-order valence-corrected chi connectivity index (χ0v) is 18.7. The Morgan fingerprint density at radius 2 is 1.88 bits per heavy atom. The van der Waals surface area contributed by atoms with Gasteiger partial charge in [0.15, 0.2) is 5.13 Å². The van der Waals surface area contributed by atoms with Gasteiger partial charge in [0.1, 0.15) is 6.23 Å². The third-order valence-electron chi connectivity index (χ3n) is 5.33. The van der Waals surface area contributed by atoms with Gasteiger partial charge in [-0.3, -0.25) is 5.32 Å². The first-order chi connectivity index (χ1) is 15.8. The van der Waals surface area contributed by atoms with Crippen LogP contribution in [0.3, 0.4) is 0 Å². The van der Waals surface area contributed by atoms with Crippen LogP contribution in [0.1, 0.15) is 36.6 Å². The maximum absolute atomic E-state index is 13.0. The molecule has 4 N–H and O–H groups in total. The van der Waals surface area contributed by atoms with Crippen molar-refractivity contribution in [1.82, 2.24) is 19.9 Å². The van der Waals surface area contributed by atoms with E-state index in [1.54, 1.807) is 6.07 Å². The lowest BCUT2D eigenvalue weighted by atomic mass is 10.1. The molecule has 4 aromatic rings. The summed E-state index contributed by atoms with van der Waals surface area (Å²) in [6.07, 6.45) is -2.77. The van der Waals surface area contributed by atoms with Gasteiger partial charge in [-0.15, -0.1) is 0 Å². The number of thiazole rings is 1. The summed E-state index contributed by atoms with van der Waals surface area (Å²) in [5, 5.41) is 25.8. The van der Waals surface area contributed by atoms with E-state index in [1.807, 2.05) is 23.7 Å². The lowest BCUT2D eigenvalue weighted by molar-refractivity contribution is -0.137. The number of halogens is 3. The minimum Gasteiger partial charge on any atom is -0.396 e. The Labute approximate surface area is 191 Å². The molecule has 0 amide bonds. The number of benzene rings is 2. The quantitative estimate of drug-likeness (QED) is 0.206. The normalized spacial score (nSPS) is 13.2. The summed E-state index contributed by atoms with van der Waals surface area (Å²) in [5.74, 6) is 0.490. The van der Waals surface area contributed by atoms with E-state index >= 15 is 0 Å². The summed E-state index contributed by atoms with van der Waals surface area (Å²) < 4.78 is 41.2. The molecule has 4 rings (SSSR count). The van der Waals surface area contributed by atoms with Gasteiger partial charge in [0.05, 0.1) is 26.8 Å². The first-order valence-electron chi connectivity index (χ1n) is 10.5. The van der Waals surface area contributed by atoms with Crippen LogP contribution in [-0.2, 0) is 13.2 Å². The Morgan fingerprint density at radius 1 is 1.06 bits per heavy atom. The lowest BCUT2D eigenvalue weighted by Crippen LogP contribution is -2.22. The molecule has 0 aliphatic rings. The van der Waals surface area contributed by atoms with E-state index in [-0.39, 0.29) is 6.61 Å². The zero-order valence-electron chi connectivity index (χ0n) is 17.9. The van der Waals surface area contributed by atoms with E-state index in [9.17, 15) is 18.3 Å². The highest BCUT2D eigenvalue weighted by atomic mass is 32.1. The number of aromatic nitrogens is 3. The Kier molecular flexibility index (Phi) is 6.84. The van der Waals surface area contributed by atoms with Crippen molar-refractivity contribution >= 4 is 43.7 Å². The van der Waals surface area contributed by atoms with E-state index in [1.165, 1.54) is 6.07 Å². The number of rotatable bonds is 9. The largest absolute Gasteiger partial charge is 0.416 e. The molecule has 2 aromatic carbocycles. The molecule has 7 nitrogen and oxygen atoms in total. The van der Waals surface area contributed by atoms with E-state index in [0.717, 1.165) is 48.2 Å². The predicted octanol–water partition coefficient (Wildman–Crippen LogP) is 4.69. The average molecular weight is 480 g/mol. The molecule has 11 heteroatoms. The molecule has 0 aliphatic carbocycles. The molecule has 0 saturated heterocycles. The Balaban J connectivity index is 1.51. The van der Waals surface area contributed by atoms with E-state index in [4.69, 9.17) is 5.11 Å². The summed E-state index contributed by atoms with van der Waals surface area (Å²) in [7, 11) is 1.82. The van der Waals surface area contributed by atoms with Crippen LogP contribution in [0.2, 0.25) is 0 Å². The standard InChI is InChI=1S/C22H24F3N5O2S/c1-30-17-8-5-13(19(32)26-9-3-2-4-10-31)11-16(17)27-20(30)29-21-28-15-7-6-14(22(23,24)25)12-18(15)33-21/h5-8,11-12,19,26,31-32H,2-4,9-10H2,1H3,(H,27,28,29). The van der Waals surface area contributed by atoms with Crippen LogP contribution < -0.4 is 10.6 Å². The number of aliphatic hydroxyl groups is 2. The minimum atomic E-state index is -4.40. The Morgan fingerprint density at radius 3 is 2.64 bits per heavy atom. The summed E-state index contributed by atoms with van der Waals surface area (Å²) in [6, 6.07) is 8.94. The smallest absolute Gasteiger partial charge is 0.396 e. The van der Waals surface area contributed by atoms with Crippen molar-refractivity contribution in [1.29, 1.82) is 0 Å². The number of imidazole rings is 1. The molecule has 0 fully saturated rings. The SMILES string of the molecule is Cn1c(Nc2nc3ccc(C(F)(F)F)cc3s2)nc2cc(C(O)NCCCCCO)ccc21. The lowest BCUT2D eigenvalue weighted by Gasteiger charge is -2.13. The van der Waals surface area contributed by atoms with Crippen molar-refractivity contribution in [3.05, 3.63) is 47.5 Å². The molecule has 33 heavy (non-hydrogen) atoms. The number of hydrogen-bond donors (Lipinski definition) is 4. The van der Waals surface area contributed by atoms with Gasteiger partial charge in [-0.05, 0) is 61.7 Å². The van der Waals surface area contributed by atoms with Crippen LogP contribution in [-0.4, -0.2) is 37.9 Å². The number of anilines is 2. The summed E-state index contributed by atoms with van der Waals surface area (Å²) >= 11 is 1.12. The van der Waals surface area contributed by atoms with Gasteiger partial charge >= 0.3 is 6.18 Å². The molecule has 2 aromatic heterocycles. The number of aryl methyl sites for hydroxylation is 1. The fourth-order valence-corrected chi connectivity index (χ4v) is 4.42. The maximum Gasteiger partial charge on any atom is 0.416 e. The molecular formula is C22H24F3N5O2S. The van der Waals surface area contributed by atoms with Crippen LogP contribution in [0.5, 0.6) is 0 Å². The molecular weight excluding hydrogens is 455 g/mol. The third kappa shape index (κ3) is 5.27. The molecule has 1 atom stereocenters. The summed E-state index contributed by atoms with van der Waals surface area (Å²) in [4.78, 5) is 8.93. The van der Waals surface area contributed by atoms with E-state index < -0.39 is 18.0 Å². The summed E-state index contributed by atoms with van der Waals surface area (Å²) in [5.41, 5.74) is 1.94. The molecule has 176 valence electrons. The van der Waals surface area contributed by atoms with E-state index in [2.05, 4.69) is 20.6 Å². The van der Waals surface area contributed by atoms with Gasteiger partial charge < -0.3 is 20.1 Å². The van der Waals surface area contributed by atoms with Gasteiger partial charge in [-0.2, -0.15) is 13.2 Å². The fourth-order valence-electron chi connectivity index (χ4n) is 3.52. The molecule has 0 spiro atoms. The number of hydrogen-bond acceptors (Lipinski definition) is 7. The topological polar surface area (TPSA) is 95.2 Å². The number of aliphatic hydroxyl groups excluding tert-OH is 2. The fraction of sp³-hybridized carbons (Fsp3) is 0.364. The highest BCUT2D eigenvalue weighted by molar-refractivity contribution is 7.22. The Hall–Kier alpha value is -2.73. The van der Waals surface area contributed by atoms with Gasteiger partial charge in [0.2, 0.25) is 5.95 Å². The first-order valence-corrected chi connectivity index (χ1v) is 11.3. The molecule has 0 saturated carbocycles. The zero-order chi connectivity index (χ0) is 23.6.